The van der Waals surface area contributed by atoms with E-state index in [-0.39, 0.29) is 11.8 Å². The van der Waals surface area contributed by atoms with Gasteiger partial charge >= 0.3 is 6.03 Å². The lowest BCUT2D eigenvalue weighted by Crippen LogP contribution is -2.30. The van der Waals surface area contributed by atoms with Crippen LogP contribution in [0, 0.1) is 5.82 Å². The lowest BCUT2D eigenvalue weighted by molar-refractivity contribution is 0.220. The van der Waals surface area contributed by atoms with E-state index in [9.17, 15) is 9.18 Å². The fraction of sp³-hybridized carbons (Fsp3) is 0.111. The summed E-state index contributed by atoms with van der Waals surface area (Å²) in [6.45, 7) is 0.320. The Bertz CT molecular complexity index is 835. The van der Waals surface area contributed by atoms with Crippen LogP contribution in [0.25, 0.3) is 10.4 Å². The average Bonchev–Trinajstić information content (AvgIpc) is 3.04. The van der Waals surface area contributed by atoms with Crippen LogP contribution in [-0.4, -0.2) is 23.0 Å². The Morgan fingerprint density at radius 3 is 2.75 bits per heavy atom. The summed E-state index contributed by atoms with van der Waals surface area (Å²) < 4.78 is 13.2. The summed E-state index contributed by atoms with van der Waals surface area (Å²) in [5.74, 6) is -0.311. The van der Waals surface area contributed by atoms with Crippen LogP contribution >= 0.6 is 11.3 Å². The number of carbonyl (C=O) groups excluding carboxylic acids is 1. The number of anilines is 1. The number of hydrogen-bond acceptors (Lipinski definition) is 3. The van der Waals surface area contributed by atoms with Gasteiger partial charge in [-0.2, -0.15) is 0 Å². The molecule has 0 unspecified atom stereocenters. The zero-order valence-corrected chi connectivity index (χ0v) is 13.9. The molecule has 0 aliphatic rings. The van der Waals surface area contributed by atoms with Crippen molar-refractivity contribution < 1.29 is 9.18 Å². The minimum absolute atomic E-state index is 0.284. The average molecular weight is 341 g/mol. The van der Waals surface area contributed by atoms with Crippen LogP contribution in [0.4, 0.5) is 14.3 Å². The highest BCUT2D eigenvalue weighted by Gasteiger charge is 2.12. The van der Waals surface area contributed by atoms with E-state index in [0.29, 0.717) is 11.7 Å². The van der Waals surface area contributed by atoms with Gasteiger partial charge in [0.05, 0.1) is 4.88 Å². The molecule has 0 bridgehead atoms. The summed E-state index contributed by atoms with van der Waals surface area (Å²) in [7, 11) is 1.66. The summed E-state index contributed by atoms with van der Waals surface area (Å²) in [6, 6.07) is 15.8. The van der Waals surface area contributed by atoms with Crippen molar-refractivity contribution in [1.82, 2.24) is 9.88 Å². The first-order valence-corrected chi connectivity index (χ1v) is 8.21. The van der Waals surface area contributed by atoms with Crippen molar-refractivity contribution in [2.45, 2.75) is 6.54 Å². The third-order valence-electron chi connectivity index (χ3n) is 3.43. The topological polar surface area (TPSA) is 45.2 Å². The smallest absolute Gasteiger partial charge is 0.323 e. The molecule has 24 heavy (non-hydrogen) atoms. The van der Waals surface area contributed by atoms with E-state index in [1.54, 1.807) is 25.4 Å². The second kappa shape index (κ2) is 7.23. The summed E-state index contributed by atoms with van der Waals surface area (Å²) in [6.07, 6.45) is 1.74. The van der Waals surface area contributed by atoms with Gasteiger partial charge in [-0.1, -0.05) is 53.8 Å². The van der Waals surface area contributed by atoms with Gasteiger partial charge in [-0.3, -0.25) is 5.32 Å². The number of thiazole rings is 1. The second-order valence-corrected chi connectivity index (χ2v) is 6.34. The van der Waals surface area contributed by atoms with Crippen molar-refractivity contribution in [3.8, 4) is 10.4 Å². The van der Waals surface area contributed by atoms with E-state index in [2.05, 4.69) is 10.3 Å². The van der Waals surface area contributed by atoms with E-state index < -0.39 is 0 Å². The Kier molecular flexibility index (Phi) is 4.86. The molecular weight excluding hydrogens is 325 g/mol. The maximum Gasteiger partial charge on any atom is 0.323 e. The van der Waals surface area contributed by atoms with Crippen LogP contribution in [0.2, 0.25) is 0 Å². The van der Waals surface area contributed by atoms with Gasteiger partial charge in [0.2, 0.25) is 0 Å². The lowest BCUT2D eigenvalue weighted by atomic mass is 10.2. The Labute approximate surface area is 143 Å². The van der Waals surface area contributed by atoms with E-state index in [4.69, 9.17) is 0 Å². The van der Waals surface area contributed by atoms with Gasteiger partial charge in [0, 0.05) is 19.8 Å². The molecule has 0 radical (unpaired) electrons. The van der Waals surface area contributed by atoms with Crippen LogP contribution in [0.3, 0.4) is 0 Å². The normalized spacial score (nSPS) is 10.4. The molecule has 122 valence electrons. The molecule has 0 aliphatic heterocycles. The minimum atomic E-state index is -0.311. The number of nitrogens with zero attached hydrogens (tertiary/aromatic N) is 2. The van der Waals surface area contributed by atoms with Crippen LogP contribution in [0.1, 0.15) is 5.56 Å². The van der Waals surface area contributed by atoms with Gasteiger partial charge in [0.15, 0.2) is 5.13 Å². The molecule has 0 atom stereocenters. The van der Waals surface area contributed by atoms with Gasteiger partial charge < -0.3 is 4.90 Å². The molecule has 0 saturated carbocycles. The number of nitrogens with one attached hydrogen (secondary N) is 1. The maximum absolute atomic E-state index is 13.2. The van der Waals surface area contributed by atoms with Crippen molar-refractivity contribution in [3.63, 3.8) is 0 Å². The second-order valence-electron chi connectivity index (χ2n) is 5.31. The number of halogens is 1. The molecule has 2 aromatic carbocycles. The highest BCUT2D eigenvalue weighted by molar-refractivity contribution is 7.19. The van der Waals surface area contributed by atoms with Crippen LogP contribution in [0.15, 0.2) is 60.8 Å². The molecule has 3 aromatic rings. The van der Waals surface area contributed by atoms with Crippen molar-refractivity contribution in [3.05, 3.63) is 72.2 Å². The van der Waals surface area contributed by atoms with Crippen molar-refractivity contribution >= 4 is 22.5 Å². The zero-order chi connectivity index (χ0) is 16.9. The Morgan fingerprint density at radius 2 is 2.00 bits per heavy atom. The van der Waals surface area contributed by atoms with E-state index in [1.807, 2.05) is 30.3 Å². The fourth-order valence-corrected chi connectivity index (χ4v) is 3.05. The number of aromatic nitrogens is 1. The quantitative estimate of drug-likeness (QED) is 0.753. The summed E-state index contributed by atoms with van der Waals surface area (Å²) in [5.41, 5.74) is 1.79. The van der Waals surface area contributed by atoms with Gasteiger partial charge in [0.1, 0.15) is 5.82 Å². The number of benzene rings is 2. The van der Waals surface area contributed by atoms with E-state index >= 15 is 0 Å². The molecule has 0 fully saturated rings. The number of urea groups is 1. The third kappa shape index (κ3) is 3.97. The van der Waals surface area contributed by atoms with Crippen LogP contribution in [-0.2, 0) is 6.54 Å². The largest absolute Gasteiger partial charge is 0.323 e. The highest BCUT2D eigenvalue weighted by Crippen LogP contribution is 2.28. The first-order valence-electron chi connectivity index (χ1n) is 7.39. The molecular formula is C18H16FN3OS. The molecule has 3 rings (SSSR count). The van der Waals surface area contributed by atoms with Gasteiger partial charge in [-0.15, -0.1) is 0 Å². The summed E-state index contributed by atoms with van der Waals surface area (Å²) >= 11 is 1.41. The molecule has 4 nitrogen and oxygen atoms in total. The first-order chi connectivity index (χ1) is 11.6. The number of amides is 2. The highest BCUT2D eigenvalue weighted by atomic mass is 32.1. The molecule has 1 heterocycles. The molecule has 2 amide bonds. The Morgan fingerprint density at radius 1 is 1.21 bits per heavy atom. The molecule has 0 aliphatic carbocycles. The number of rotatable bonds is 4. The molecule has 6 heteroatoms. The van der Waals surface area contributed by atoms with Crippen LogP contribution in [0.5, 0.6) is 0 Å². The molecule has 1 N–H and O–H groups in total. The fourth-order valence-electron chi connectivity index (χ4n) is 2.24. The van der Waals surface area contributed by atoms with Crippen molar-refractivity contribution in [1.29, 1.82) is 0 Å². The number of hydrogen-bond donors (Lipinski definition) is 1. The number of carbonyl (C=O) groups is 1. The first kappa shape index (κ1) is 16.1. The Balaban J connectivity index is 1.63. The van der Waals surface area contributed by atoms with E-state index in [0.717, 1.165) is 16.0 Å². The maximum atomic E-state index is 13.2. The van der Waals surface area contributed by atoms with E-state index in [1.165, 1.54) is 28.4 Å². The van der Waals surface area contributed by atoms with Gasteiger partial charge in [-0.05, 0) is 23.3 Å². The van der Waals surface area contributed by atoms with Crippen molar-refractivity contribution in [2.24, 2.45) is 0 Å². The van der Waals surface area contributed by atoms with Crippen LogP contribution < -0.4 is 5.32 Å². The van der Waals surface area contributed by atoms with Gasteiger partial charge in [0.25, 0.3) is 0 Å². The third-order valence-corrected chi connectivity index (χ3v) is 4.40. The standard InChI is InChI=1S/C18H16FN3OS/c1-22(12-13-6-5-9-15(19)10-13)18(23)21-17-20-11-16(24-17)14-7-3-2-4-8-14/h2-11H,12H2,1H3,(H,20,21,23). The Hall–Kier alpha value is -2.73. The molecule has 0 spiro atoms. The molecule has 1 aromatic heterocycles. The molecule has 0 saturated heterocycles. The lowest BCUT2D eigenvalue weighted by Gasteiger charge is -2.17. The predicted octanol–water partition coefficient (Wildman–Crippen LogP) is 4.61. The summed E-state index contributed by atoms with van der Waals surface area (Å²) in [5, 5.41) is 3.30. The predicted molar refractivity (Wildman–Crippen MR) is 94.4 cm³/mol. The van der Waals surface area contributed by atoms with Gasteiger partial charge in [-0.25, -0.2) is 14.2 Å². The monoisotopic (exact) mass is 341 g/mol. The zero-order valence-electron chi connectivity index (χ0n) is 13.1. The minimum Gasteiger partial charge on any atom is -0.323 e. The SMILES string of the molecule is CN(Cc1cccc(F)c1)C(=O)Nc1ncc(-c2ccccc2)s1. The summed E-state index contributed by atoms with van der Waals surface area (Å²) in [4.78, 5) is 18.9. The van der Waals surface area contributed by atoms with Crippen molar-refractivity contribution in [2.75, 3.05) is 12.4 Å².